The summed E-state index contributed by atoms with van der Waals surface area (Å²) in [6, 6.07) is 72.0. The average molecular weight is 1090 g/mol. The first-order valence-corrected chi connectivity index (χ1v) is 31.9. The molecule has 0 aliphatic heterocycles. The summed E-state index contributed by atoms with van der Waals surface area (Å²) >= 11 is 0. The van der Waals surface area contributed by atoms with Gasteiger partial charge in [-0.1, -0.05) is 0 Å². The summed E-state index contributed by atoms with van der Waals surface area (Å²) in [5.41, 5.74) is 3.12. The number of benzene rings is 9. The Morgan fingerprint density at radius 1 is 0.342 bits per heavy atom. The van der Waals surface area contributed by atoms with Crippen LogP contribution in [0.1, 0.15) is 36.1 Å². The molecule has 0 N–H and O–H groups in total. The van der Waals surface area contributed by atoms with E-state index in [1.54, 1.807) is 97.1 Å². The Balaban J connectivity index is 1.31. The Morgan fingerprint density at radius 3 is 0.842 bits per heavy atom. The third-order valence-corrected chi connectivity index (χ3v) is 29.8. The van der Waals surface area contributed by atoms with Crippen LogP contribution in [0.4, 0.5) is 0 Å². The van der Waals surface area contributed by atoms with E-state index < -0.39 is 45.8 Å². The molecule has 0 aliphatic rings. The summed E-state index contributed by atoms with van der Waals surface area (Å²) in [6.07, 6.45) is 0.0452. The molecule has 0 radical (unpaired) electrons. The van der Waals surface area contributed by atoms with Crippen molar-refractivity contribution in [2.45, 2.75) is 49.8 Å². The molecule has 76 heavy (non-hydrogen) atoms. The van der Waals surface area contributed by atoms with Crippen molar-refractivity contribution in [2.75, 3.05) is 0 Å². The molecule has 10 nitrogen and oxygen atoms in total. The number of hydrogen-bond acceptors (Lipinski definition) is 10. The van der Waals surface area contributed by atoms with Crippen molar-refractivity contribution in [3.8, 4) is 11.5 Å². The number of ether oxygens (including phenoxy) is 2. The van der Waals surface area contributed by atoms with Crippen LogP contribution in [0.5, 0.6) is 11.5 Å². The molecule has 0 saturated heterocycles. The number of hydrogen-bond donors (Lipinski definition) is 0. The molecular formula is C62H56O10P2S2. The molecule has 0 aromatic heterocycles. The van der Waals surface area contributed by atoms with Crippen molar-refractivity contribution in [1.29, 1.82) is 0 Å². The van der Waals surface area contributed by atoms with E-state index in [-0.39, 0.29) is 33.6 Å². The van der Waals surface area contributed by atoms with Crippen LogP contribution < -0.4 is 41.3 Å². The first-order valence-electron chi connectivity index (χ1n) is 24.4. The van der Waals surface area contributed by atoms with Crippen molar-refractivity contribution in [3.05, 3.63) is 265 Å². The van der Waals surface area contributed by atoms with Gasteiger partial charge in [0.05, 0.1) is 0 Å². The zero-order chi connectivity index (χ0) is 53.7. The van der Waals surface area contributed by atoms with Gasteiger partial charge < -0.3 is 0 Å². The molecule has 0 saturated carbocycles. The molecule has 0 fully saturated rings. The minimum absolute atomic E-state index is 0.0226. The predicted molar refractivity (Wildman–Crippen MR) is 306 cm³/mol. The van der Waals surface area contributed by atoms with E-state index in [2.05, 4.69) is 0 Å². The first kappa shape index (κ1) is 53.4. The van der Waals surface area contributed by atoms with Gasteiger partial charge in [-0.25, -0.2) is 0 Å². The van der Waals surface area contributed by atoms with E-state index in [1.165, 1.54) is 13.8 Å². The molecule has 9 aromatic rings. The van der Waals surface area contributed by atoms with Crippen LogP contribution in [0.2, 0.25) is 0 Å². The van der Waals surface area contributed by atoms with Gasteiger partial charge in [-0.3, -0.25) is 0 Å². The summed E-state index contributed by atoms with van der Waals surface area (Å²) in [6.45, 7) is -3.32. The van der Waals surface area contributed by atoms with Crippen molar-refractivity contribution in [2.24, 2.45) is 0 Å². The van der Waals surface area contributed by atoms with Gasteiger partial charge in [-0.2, -0.15) is 0 Å². The topological polar surface area (TPSA) is 139 Å². The van der Waals surface area contributed by atoms with Crippen LogP contribution in [0.25, 0.3) is 0 Å². The summed E-state index contributed by atoms with van der Waals surface area (Å²) in [7, 11) is -9.19. The number of esters is 2. The Labute approximate surface area is 445 Å². The standard InChI is InChI=1S/C62H56O10P2S2/c1-47-25-41-61(42-26-47)75(65,66)71-73(55-17-9-5-10-18-55,56-19-11-6-12-20-56,59-37-33-53(34-38-59)69-49(3)63)45-51-29-31-52(32-30-51)46-74(57-21-13-7-14-22-57,58-23-15-8-16-24-58,60-39-35-54(36-40-60)70-50(4)64)72-76(67,68)62-43-27-48(2)28-44-62/h5-44H,45-46H2,1-4H3. The van der Waals surface area contributed by atoms with Gasteiger partial charge in [0.2, 0.25) is 0 Å². The second-order valence-corrected chi connectivity index (χ2v) is 31.3. The number of carbonyl (C=O) groups excluding carboxylic acids is 2. The normalized spacial score (nSPS) is 13.1. The van der Waals surface area contributed by atoms with Crippen LogP contribution in [0.15, 0.2) is 252 Å². The quantitative estimate of drug-likeness (QED) is 0.0463. The molecule has 0 atom stereocenters. The maximum absolute atomic E-state index is 15.3. The first-order chi connectivity index (χ1) is 36.4. The van der Waals surface area contributed by atoms with Crippen molar-refractivity contribution >= 4 is 77.7 Å². The molecule has 9 rings (SSSR count). The average Bonchev–Trinajstić information content (AvgIpc) is 3.59. The molecule has 9 aromatic carbocycles. The Hall–Kier alpha value is -7.40. The minimum atomic E-state index is -4.85. The van der Waals surface area contributed by atoms with Crippen LogP contribution in [0, 0.1) is 13.8 Å². The fourth-order valence-electron chi connectivity index (χ4n) is 10.1. The summed E-state index contributed by atoms with van der Waals surface area (Å²) < 4.78 is 86.7. The van der Waals surface area contributed by atoms with Crippen LogP contribution in [-0.4, -0.2) is 28.8 Å². The fraction of sp³-hybridized carbons (Fsp3) is 0.0968. The molecule has 0 aliphatic carbocycles. The van der Waals surface area contributed by atoms with Gasteiger partial charge in [0.25, 0.3) is 0 Å². The maximum atomic E-state index is 15.3. The van der Waals surface area contributed by atoms with Crippen molar-refractivity contribution < 1.29 is 43.8 Å². The fourth-order valence-corrected chi connectivity index (χ4v) is 27.1. The second-order valence-electron chi connectivity index (χ2n) is 18.8. The molecule has 0 heterocycles. The SMILES string of the molecule is CC(=O)Oc1ccc(P(Cc2ccc(CP(OS(=O)(=O)c3ccc(C)cc3)(c3ccccc3)(c3ccccc3)c3ccc(OC(C)=O)cc3)cc2)(OS(=O)(=O)c2ccc(C)cc2)(c2ccccc2)c2ccccc2)cc1. The van der Waals surface area contributed by atoms with Gasteiger partial charge in [0, 0.05) is 0 Å². The van der Waals surface area contributed by atoms with Gasteiger partial charge in [-0.05, 0) is 0 Å². The third-order valence-electron chi connectivity index (χ3n) is 13.6. The van der Waals surface area contributed by atoms with Crippen LogP contribution in [-0.2, 0) is 50.1 Å². The van der Waals surface area contributed by atoms with E-state index in [9.17, 15) is 9.59 Å². The van der Waals surface area contributed by atoms with Gasteiger partial charge in [0.1, 0.15) is 0 Å². The molecule has 0 bridgehead atoms. The van der Waals surface area contributed by atoms with E-state index in [0.717, 1.165) is 11.1 Å². The Bertz CT molecular complexity index is 3400. The van der Waals surface area contributed by atoms with E-state index in [4.69, 9.17) is 17.4 Å². The van der Waals surface area contributed by atoms with Crippen LogP contribution >= 0.6 is 13.7 Å². The molecule has 14 heteroatoms. The number of rotatable bonds is 18. The molecule has 386 valence electrons. The molecule has 0 unspecified atom stereocenters. The zero-order valence-corrected chi connectivity index (χ0v) is 45.7. The Morgan fingerprint density at radius 2 is 0.592 bits per heavy atom. The van der Waals surface area contributed by atoms with Gasteiger partial charge >= 0.3 is 448 Å². The number of aryl methyl sites for hydroxylation is 2. The van der Waals surface area contributed by atoms with Gasteiger partial charge in [0.15, 0.2) is 0 Å². The molecule has 0 spiro atoms. The van der Waals surface area contributed by atoms with Crippen molar-refractivity contribution in [3.63, 3.8) is 0 Å². The predicted octanol–water partition coefficient (Wildman–Crippen LogP) is 10.9. The monoisotopic (exact) mass is 1090 g/mol. The Kier molecular flexibility index (Phi) is 15.0. The van der Waals surface area contributed by atoms with E-state index in [0.29, 0.717) is 43.0 Å². The van der Waals surface area contributed by atoms with E-state index >= 15 is 16.8 Å². The zero-order valence-electron chi connectivity index (χ0n) is 42.3. The summed E-state index contributed by atoms with van der Waals surface area (Å²) in [4.78, 5) is 24.4. The third kappa shape index (κ3) is 10.1. The molecule has 0 amide bonds. The van der Waals surface area contributed by atoms with Crippen LogP contribution in [0.3, 0.4) is 0 Å². The number of carbonyl (C=O) groups is 2. The van der Waals surface area contributed by atoms with Crippen molar-refractivity contribution in [1.82, 2.24) is 0 Å². The summed E-state index contributed by atoms with van der Waals surface area (Å²) in [5.74, 6) is -0.490. The second kappa shape index (κ2) is 21.3. The summed E-state index contributed by atoms with van der Waals surface area (Å²) in [5, 5.41) is 3.55. The molecular weight excluding hydrogens is 1030 g/mol. The van der Waals surface area contributed by atoms with Gasteiger partial charge in [-0.15, -0.1) is 0 Å². The van der Waals surface area contributed by atoms with E-state index in [1.807, 2.05) is 159 Å².